The zero-order valence-electron chi connectivity index (χ0n) is 15.3. The van der Waals surface area contributed by atoms with Crippen LogP contribution in [0.1, 0.15) is 26.3 Å². The molecular weight excluding hydrogens is 430 g/mol. The van der Waals surface area contributed by atoms with Gasteiger partial charge in [0.2, 0.25) is 10.3 Å². The lowest BCUT2D eigenvalue weighted by molar-refractivity contribution is 0.0579. The Hall–Kier alpha value is -2.30. The van der Waals surface area contributed by atoms with E-state index in [1.54, 1.807) is 63.3 Å². The molecule has 0 saturated carbocycles. The van der Waals surface area contributed by atoms with Gasteiger partial charge in [-0.05, 0) is 51.1 Å². The second-order valence-corrected chi connectivity index (χ2v) is 8.16. The van der Waals surface area contributed by atoms with E-state index in [1.165, 1.54) is 11.0 Å². The lowest BCUT2D eigenvalue weighted by atomic mass is 10.1. The first-order valence-corrected chi connectivity index (χ1v) is 10.4. The topological polar surface area (TPSA) is 63.7 Å². The molecule has 0 spiro atoms. The van der Waals surface area contributed by atoms with Gasteiger partial charge in [0.25, 0.3) is 0 Å². The van der Waals surface area contributed by atoms with Crippen LogP contribution in [0, 0.1) is 11.8 Å². The van der Waals surface area contributed by atoms with Crippen LogP contribution in [0.2, 0.25) is 0 Å². The predicted octanol–water partition coefficient (Wildman–Crippen LogP) is 3.72. The fraction of sp³-hybridized carbons (Fsp3) is 0.300. The molecule has 0 aliphatic heterocycles. The number of allylic oxidation sites excluding steroid dienone is 2. The maximum atomic E-state index is 12.9. The first kappa shape index (κ1) is 21.0. The van der Waals surface area contributed by atoms with Crippen LogP contribution in [-0.4, -0.2) is 36.3 Å². The van der Waals surface area contributed by atoms with E-state index in [1.807, 2.05) is 0 Å². The summed E-state index contributed by atoms with van der Waals surface area (Å²) in [4.78, 5) is 14.3. The number of carbonyl (C=O) groups excluding carboxylic acids is 1. The van der Waals surface area contributed by atoms with Crippen LogP contribution in [0.3, 0.4) is 0 Å². The van der Waals surface area contributed by atoms with Gasteiger partial charge in [0, 0.05) is 11.3 Å². The number of hydrogen-bond donors (Lipinski definition) is 0. The Morgan fingerprint density at radius 1 is 1.22 bits per heavy atom. The van der Waals surface area contributed by atoms with Crippen LogP contribution in [0.4, 0.5) is 10.5 Å². The van der Waals surface area contributed by atoms with Crippen molar-refractivity contribution in [3.8, 4) is 11.8 Å². The van der Waals surface area contributed by atoms with E-state index in [9.17, 15) is 13.2 Å². The van der Waals surface area contributed by atoms with Gasteiger partial charge < -0.3 is 4.74 Å². The molecule has 5 nitrogen and oxygen atoms in total. The van der Waals surface area contributed by atoms with Crippen molar-refractivity contribution in [3.63, 3.8) is 0 Å². The number of hydrogen-bond acceptors (Lipinski definition) is 4. The van der Waals surface area contributed by atoms with E-state index in [-0.39, 0.29) is 4.86 Å². The molecule has 1 unspecified atom stereocenters. The van der Waals surface area contributed by atoms with E-state index >= 15 is 0 Å². The number of amides is 1. The van der Waals surface area contributed by atoms with Crippen LogP contribution >= 0.6 is 15.9 Å². The molecule has 0 heterocycles. The predicted molar refractivity (Wildman–Crippen MR) is 112 cm³/mol. The number of ether oxygens (including phenoxy) is 1. The lowest BCUT2D eigenvalue weighted by Crippen LogP contribution is -2.47. The maximum absolute atomic E-state index is 12.9. The van der Waals surface area contributed by atoms with Crippen molar-refractivity contribution < 1.29 is 17.9 Å². The molecule has 1 atom stereocenters. The van der Waals surface area contributed by atoms with Gasteiger partial charge in [0.15, 0.2) is 0 Å². The largest absolute Gasteiger partial charge is 0.443 e. The summed E-state index contributed by atoms with van der Waals surface area (Å²) in [5.41, 5.74) is 0.585. The number of alkyl halides is 1. The minimum absolute atomic E-state index is 0.0894. The van der Waals surface area contributed by atoms with Gasteiger partial charge >= 0.3 is 6.09 Å². The maximum Gasteiger partial charge on any atom is 0.415 e. The highest BCUT2D eigenvalue weighted by Crippen LogP contribution is 2.24. The summed E-state index contributed by atoms with van der Waals surface area (Å²) in [7, 11) is -2.47. The zero-order valence-corrected chi connectivity index (χ0v) is 17.7. The van der Waals surface area contributed by atoms with Crippen molar-refractivity contribution in [2.45, 2.75) is 32.4 Å². The molecule has 27 heavy (non-hydrogen) atoms. The molecule has 0 N–H and O–H groups in total. The number of nitrogens with zero attached hydrogens (tertiary/aromatic N) is 1. The SMILES string of the molecule is CC(C)(C)OC(=O)N(c1ccc(C#CCBr)cc1)C1C=CC=CC1=S(=O)=O. The van der Waals surface area contributed by atoms with Crippen molar-refractivity contribution >= 4 is 42.9 Å². The minimum atomic E-state index is -2.47. The average molecular weight is 450 g/mol. The van der Waals surface area contributed by atoms with E-state index in [4.69, 9.17) is 4.74 Å². The second-order valence-electron chi connectivity index (χ2n) is 6.66. The van der Waals surface area contributed by atoms with Gasteiger partial charge in [-0.15, -0.1) is 0 Å². The van der Waals surface area contributed by atoms with Crippen LogP contribution in [-0.2, 0) is 15.0 Å². The Balaban J connectivity index is 2.50. The van der Waals surface area contributed by atoms with Gasteiger partial charge in [-0.3, -0.25) is 4.90 Å². The van der Waals surface area contributed by atoms with Crippen LogP contribution in [0.5, 0.6) is 0 Å². The molecular formula is C20H20BrNO4S. The summed E-state index contributed by atoms with van der Waals surface area (Å²) in [6.07, 6.45) is 5.81. The fourth-order valence-corrected chi connectivity index (χ4v) is 3.12. The van der Waals surface area contributed by atoms with Crippen LogP contribution in [0.15, 0.2) is 48.6 Å². The first-order chi connectivity index (χ1) is 12.7. The minimum Gasteiger partial charge on any atom is -0.443 e. The van der Waals surface area contributed by atoms with Gasteiger partial charge in [-0.1, -0.05) is 46.0 Å². The molecule has 1 aliphatic rings. The average Bonchev–Trinajstić information content (AvgIpc) is 2.60. The van der Waals surface area contributed by atoms with Gasteiger partial charge in [-0.25, -0.2) is 4.79 Å². The smallest absolute Gasteiger partial charge is 0.415 e. The molecule has 2 rings (SSSR count). The summed E-state index contributed by atoms with van der Waals surface area (Å²) in [5.74, 6) is 5.88. The first-order valence-electron chi connectivity index (χ1n) is 8.21. The van der Waals surface area contributed by atoms with Crippen molar-refractivity contribution in [2.75, 3.05) is 10.2 Å². The molecule has 0 saturated heterocycles. The highest BCUT2D eigenvalue weighted by Gasteiger charge is 2.32. The molecule has 1 aromatic carbocycles. The Labute approximate surface area is 169 Å². The Kier molecular flexibility index (Phi) is 7.05. The number of rotatable bonds is 2. The second kappa shape index (κ2) is 9.07. The molecule has 0 bridgehead atoms. The monoisotopic (exact) mass is 449 g/mol. The Morgan fingerprint density at radius 3 is 2.44 bits per heavy atom. The Morgan fingerprint density at radius 2 is 1.89 bits per heavy atom. The summed E-state index contributed by atoms with van der Waals surface area (Å²) in [5, 5.41) is 0.561. The molecule has 142 valence electrons. The van der Waals surface area contributed by atoms with Crippen molar-refractivity contribution in [2.24, 2.45) is 0 Å². The van der Waals surface area contributed by atoms with E-state index in [0.717, 1.165) is 5.56 Å². The van der Waals surface area contributed by atoms with E-state index in [2.05, 4.69) is 27.8 Å². The standard InChI is InChI=1S/C20H20BrNO4S/c1-20(2,3)26-19(23)22(17-8-4-5-9-18(17)27(24)25)16-12-10-15(11-13-16)7-6-14-21/h4-5,8-13,17H,14H2,1-3H3. The number of benzene rings is 1. The molecule has 0 aromatic heterocycles. The normalized spacial score (nSPS) is 15.7. The summed E-state index contributed by atoms with van der Waals surface area (Å²) in [6, 6.07) is 6.21. The molecule has 1 amide bonds. The molecule has 0 radical (unpaired) electrons. The van der Waals surface area contributed by atoms with E-state index in [0.29, 0.717) is 11.0 Å². The van der Waals surface area contributed by atoms with Crippen molar-refractivity contribution in [1.82, 2.24) is 0 Å². The third kappa shape index (κ3) is 5.84. The van der Waals surface area contributed by atoms with Crippen LogP contribution < -0.4 is 4.90 Å². The molecule has 1 aromatic rings. The van der Waals surface area contributed by atoms with Gasteiger partial charge in [0.1, 0.15) is 5.60 Å². The summed E-state index contributed by atoms with van der Waals surface area (Å²) in [6.45, 7) is 5.28. The van der Waals surface area contributed by atoms with Gasteiger partial charge in [-0.2, -0.15) is 8.42 Å². The quantitative estimate of drug-likeness (QED) is 0.392. The number of carbonyl (C=O) groups is 1. The summed E-state index contributed by atoms with van der Waals surface area (Å²) < 4.78 is 28.8. The number of anilines is 1. The highest BCUT2D eigenvalue weighted by atomic mass is 79.9. The van der Waals surface area contributed by atoms with Gasteiger partial charge in [0.05, 0.1) is 16.2 Å². The summed E-state index contributed by atoms with van der Waals surface area (Å²) >= 11 is 3.25. The highest BCUT2D eigenvalue weighted by molar-refractivity contribution is 9.09. The zero-order chi connectivity index (χ0) is 20.0. The van der Waals surface area contributed by atoms with Crippen molar-refractivity contribution in [1.29, 1.82) is 0 Å². The molecule has 7 heteroatoms. The number of halogens is 1. The molecule has 0 fully saturated rings. The Bertz CT molecular complexity index is 950. The molecule has 1 aliphatic carbocycles. The van der Waals surface area contributed by atoms with Crippen molar-refractivity contribution in [3.05, 3.63) is 54.1 Å². The fourth-order valence-electron chi connectivity index (χ4n) is 2.41. The third-order valence-corrected chi connectivity index (χ3v) is 4.51. The third-order valence-electron chi connectivity index (χ3n) is 3.46. The van der Waals surface area contributed by atoms with Crippen LogP contribution in [0.25, 0.3) is 0 Å². The lowest BCUT2D eigenvalue weighted by Gasteiger charge is -2.32. The van der Waals surface area contributed by atoms with E-state index < -0.39 is 28.0 Å².